The Bertz CT molecular complexity index is 895. The van der Waals surface area contributed by atoms with Crippen molar-refractivity contribution in [2.75, 3.05) is 16.8 Å². The van der Waals surface area contributed by atoms with Crippen LogP contribution in [-0.4, -0.2) is 33.0 Å². The van der Waals surface area contributed by atoms with Gasteiger partial charge in [-0.15, -0.1) is 0 Å². The Hall–Kier alpha value is -1.92. The highest BCUT2D eigenvalue weighted by Gasteiger charge is 2.53. The number of nitrogens with one attached hydrogen (secondary N) is 1. The average molecular weight is 426 g/mol. The molecule has 0 radical (unpaired) electrons. The normalized spacial score (nSPS) is 42.1. The second-order valence-corrected chi connectivity index (χ2v) is 12.8. The van der Waals surface area contributed by atoms with Gasteiger partial charge in [-0.3, -0.25) is 10.1 Å². The van der Waals surface area contributed by atoms with Crippen LogP contribution in [0.3, 0.4) is 0 Å². The van der Waals surface area contributed by atoms with E-state index in [1.807, 2.05) is 0 Å². The molecule has 7 heteroatoms. The van der Waals surface area contributed by atoms with Crippen molar-refractivity contribution in [1.82, 2.24) is 9.97 Å². The summed E-state index contributed by atoms with van der Waals surface area (Å²) in [6.07, 6.45) is 12.3. The summed E-state index contributed by atoms with van der Waals surface area (Å²) < 4.78 is 0. The van der Waals surface area contributed by atoms with Crippen molar-refractivity contribution in [2.24, 2.45) is 28.6 Å². The summed E-state index contributed by atoms with van der Waals surface area (Å²) in [6.45, 7) is 7.84. The maximum Gasteiger partial charge on any atom is 0.353 e. The molecule has 5 saturated carbocycles. The van der Waals surface area contributed by atoms with Gasteiger partial charge in [0.05, 0.1) is 4.92 Å². The van der Waals surface area contributed by atoms with Gasteiger partial charge < -0.3 is 10.2 Å². The van der Waals surface area contributed by atoms with Crippen LogP contribution in [0.15, 0.2) is 6.33 Å². The van der Waals surface area contributed by atoms with Crippen LogP contribution in [0.1, 0.15) is 78.6 Å². The lowest BCUT2D eigenvalue weighted by molar-refractivity contribution is -0.383. The zero-order chi connectivity index (χ0) is 21.6. The van der Waals surface area contributed by atoms with E-state index in [0.29, 0.717) is 17.7 Å². The molecular formula is C24H35N5O2. The first kappa shape index (κ1) is 19.7. The van der Waals surface area contributed by atoms with Crippen molar-refractivity contribution in [2.45, 2.75) is 90.1 Å². The lowest BCUT2D eigenvalue weighted by Gasteiger charge is -2.57. The molecule has 6 aliphatic rings. The highest BCUT2D eigenvalue weighted by atomic mass is 16.6. The monoisotopic (exact) mass is 425 g/mol. The second-order valence-electron chi connectivity index (χ2n) is 12.8. The fraction of sp³-hybridized carbons (Fsp3) is 0.833. The highest BCUT2D eigenvalue weighted by Crippen LogP contribution is 2.58. The zero-order valence-electron chi connectivity index (χ0n) is 19.1. The van der Waals surface area contributed by atoms with Gasteiger partial charge in [0.1, 0.15) is 6.33 Å². The first-order valence-corrected chi connectivity index (χ1v) is 12.2. The van der Waals surface area contributed by atoms with Crippen LogP contribution >= 0.6 is 0 Å². The standard InChI is InChI=1S/C24H35N5O2/c1-22(2)10-18-11-23(3,12-22)13-28(18)21-19(29(30)31)20(25-14-26-21)27-24-7-15-4-16(8-24)6-17(5-15)9-24/h14-18H,4-13H2,1-3H3,(H,25,26,27). The average Bonchev–Trinajstić information content (AvgIpc) is 2.88. The Morgan fingerprint density at radius 2 is 1.68 bits per heavy atom. The van der Waals surface area contributed by atoms with Gasteiger partial charge >= 0.3 is 5.69 Å². The number of aromatic nitrogens is 2. The number of nitro groups is 1. The Labute approximate surface area is 184 Å². The Morgan fingerprint density at radius 1 is 1.03 bits per heavy atom. The van der Waals surface area contributed by atoms with Gasteiger partial charge in [0.25, 0.3) is 0 Å². The van der Waals surface area contributed by atoms with Crippen molar-refractivity contribution in [3.8, 4) is 0 Å². The quantitative estimate of drug-likeness (QED) is 0.529. The molecule has 1 aromatic rings. The molecule has 7 rings (SSSR count). The SMILES string of the molecule is CC1(C)CC2CC(C)(CN2c2ncnc(NC34CC5CC(CC(C5)C3)C4)c2[N+](=O)[O-])C1. The predicted molar refractivity (Wildman–Crippen MR) is 120 cm³/mol. The van der Waals surface area contributed by atoms with Crippen LogP contribution in [0.4, 0.5) is 17.3 Å². The van der Waals surface area contributed by atoms with E-state index in [0.717, 1.165) is 62.8 Å². The molecule has 2 heterocycles. The lowest BCUT2D eigenvalue weighted by Crippen LogP contribution is -2.55. The number of anilines is 2. The van der Waals surface area contributed by atoms with Crippen LogP contribution in [0, 0.1) is 38.7 Å². The number of hydrogen-bond donors (Lipinski definition) is 1. The second kappa shape index (κ2) is 6.32. The van der Waals surface area contributed by atoms with Crippen molar-refractivity contribution >= 4 is 17.3 Å². The third-order valence-electron chi connectivity index (χ3n) is 9.09. The Kier molecular flexibility index (Phi) is 4.02. The van der Waals surface area contributed by atoms with Crippen LogP contribution in [-0.2, 0) is 0 Å². The fourth-order valence-corrected chi connectivity index (χ4v) is 9.06. The fourth-order valence-electron chi connectivity index (χ4n) is 9.06. The summed E-state index contributed by atoms with van der Waals surface area (Å²) in [5.41, 5.74) is 0.528. The van der Waals surface area contributed by atoms with E-state index < -0.39 is 0 Å². The lowest BCUT2D eigenvalue weighted by atomic mass is 9.53. The summed E-state index contributed by atoms with van der Waals surface area (Å²) in [5.74, 6) is 3.30. The number of hydrogen-bond acceptors (Lipinski definition) is 6. The van der Waals surface area contributed by atoms with Crippen LogP contribution < -0.4 is 10.2 Å². The topological polar surface area (TPSA) is 84.2 Å². The smallest absolute Gasteiger partial charge is 0.353 e. The summed E-state index contributed by atoms with van der Waals surface area (Å²) in [4.78, 5) is 23.3. The summed E-state index contributed by atoms with van der Waals surface area (Å²) in [5, 5.41) is 16.0. The molecule has 6 bridgehead atoms. The molecule has 7 nitrogen and oxygen atoms in total. The van der Waals surface area contributed by atoms with Gasteiger partial charge in [0, 0.05) is 18.1 Å². The molecule has 6 fully saturated rings. The largest absolute Gasteiger partial charge is 0.359 e. The number of nitrogens with zero attached hydrogens (tertiary/aromatic N) is 4. The third-order valence-corrected chi connectivity index (χ3v) is 9.09. The van der Waals surface area contributed by atoms with Gasteiger partial charge in [-0.05, 0) is 86.4 Å². The molecule has 0 aromatic carbocycles. The Morgan fingerprint density at radius 3 is 2.29 bits per heavy atom. The molecule has 0 spiro atoms. The van der Waals surface area contributed by atoms with Crippen LogP contribution in [0.2, 0.25) is 0 Å². The molecule has 31 heavy (non-hydrogen) atoms. The van der Waals surface area contributed by atoms with E-state index in [9.17, 15) is 10.1 Å². The maximum absolute atomic E-state index is 12.3. The highest BCUT2D eigenvalue weighted by molar-refractivity contribution is 5.72. The minimum Gasteiger partial charge on any atom is -0.359 e. The van der Waals surface area contributed by atoms with Gasteiger partial charge in [-0.2, -0.15) is 0 Å². The molecule has 1 saturated heterocycles. The van der Waals surface area contributed by atoms with Gasteiger partial charge in [0.15, 0.2) is 0 Å². The molecule has 1 N–H and O–H groups in total. The molecule has 0 amide bonds. The minimum absolute atomic E-state index is 0.0139. The van der Waals surface area contributed by atoms with Crippen molar-refractivity contribution in [1.29, 1.82) is 0 Å². The van der Waals surface area contributed by atoms with Gasteiger partial charge in [-0.25, -0.2) is 9.97 Å². The van der Waals surface area contributed by atoms with E-state index in [2.05, 4.69) is 41.0 Å². The van der Waals surface area contributed by atoms with Gasteiger partial charge in [-0.1, -0.05) is 20.8 Å². The first-order chi connectivity index (χ1) is 14.6. The van der Waals surface area contributed by atoms with Crippen LogP contribution in [0.5, 0.6) is 0 Å². The zero-order valence-corrected chi connectivity index (χ0v) is 19.1. The number of rotatable bonds is 4. The van der Waals surface area contributed by atoms with Crippen molar-refractivity contribution < 1.29 is 4.92 Å². The summed E-state index contributed by atoms with van der Waals surface area (Å²) in [6, 6.07) is 0.315. The van der Waals surface area contributed by atoms with E-state index in [4.69, 9.17) is 0 Å². The molecule has 1 aliphatic heterocycles. The van der Waals surface area contributed by atoms with E-state index >= 15 is 0 Å². The Balaban J connectivity index is 1.35. The predicted octanol–water partition coefficient (Wildman–Crippen LogP) is 5.17. The number of fused-ring (bicyclic) bond motifs is 2. The summed E-state index contributed by atoms with van der Waals surface area (Å²) in [7, 11) is 0. The maximum atomic E-state index is 12.3. The van der Waals surface area contributed by atoms with E-state index in [1.54, 1.807) is 6.33 Å². The van der Waals surface area contributed by atoms with Crippen molar-refractivity contribution in [3.63, 3.8) is 0 Å². The third kappa shape index (κ3) is 3.21. The molecule has 5 aliphatic carbocycles. The molecule has 1 aromatic heterocycles. The minimum atomic E-state index is -0.242. The van der Waals surface area contributed by atoms with E-state index in [-0.39, 0.29) is 27.0 Å². The first-order valence-electron chi connectivity index (χ1n) is 12.2. The van der Waals surface area contributed by atoms with Crippen molar-refractivity contribution in [3.05, 3.63) is 16.4 Å². The van der Waals surface area contributed by atoms with E-state index in [1.165, 1.54) is 19.3 Å². The molecule has 168 valence electrons. The van der Waals surface area contributed by atoms with Gasteiger partial charge in [0.2, 0.25) is 11.6 Å². The summed E-state index contributed by atoms with van der Waals surface area (Å²) >= 11 is 0. The van der Waals surface area contributed by atoms with Crippen LogP contribution in [0.25, 0.3) is 0 Å². The molecule has 2 atom stereocenters. The molecular weight excluding hydrogens is 390 g/mol. The molecule has 2 unspecified atom stereocenters.